The van der Waals surface area contributed by atoms with Gasteiger partial charge in [0, 0.05) is 13.1 Å². The molecule has 1 aliphatic heterocycles. The van der Waals surface area contributed by atoms with Crippen molar-refractivity contribution in [2.45, 2.75) is 31.1 Å². The summed E-state index contributed by atoms with van der Waals surface area (Å²) in [6, 6.07) is 12.4. The van der Waals surface area contributed by atoms with Crippen LogP contribution in [0.25, 0.3) is 11.1 Å². The van der Waals surface area contributed by atoms with E-state index in [2.05, 4.69) is 0 Å². The van der Waals surface area contributed by atoms with Crippen LogP contribution in [-0.4, -0.2) is 30.9 Å². The molecule has 1 N–H and O–H groups in total. The first-order chi connectivity index (χ1) is 11.0. The molecule has 23 heavy (non-hydrogen) atoms. The van der Waals surface area contributed by atoms with Gasteiger partial charge in [-0.2, -0.15) is 4.31 Å². The molecule has 0 amide bonds. The van der Waals surface area contributed by atoms with Gasteiger partial charge in [-0.25, -0.2) is 8.42 Å². The molecule has 122 valence electrons. The number of sulfonamides is 1. The Bertz CT molecular complexity index is 792. The third-order valence-corrected chi connectivity index (χ3v) is 6.25. The summed E-state index contributed by atoms with van der Waals surface area (Å²) in [7, 11) is -3.38. The predicted octanol–water partition coefficient (Wildman–Crippen LogP) is 3.54. The maximum Gasteiger partial charge on any atom is 0.243 e. The van der Waals surface area contributed by atoms with E-state index >= 15 is 0 Å². The van der Waals surface area contributed by atoms with Crippen LogP contribution in [-0.2, 0) is 10.0 Å². The molecule has 4 nitrogen and oxygen atoms in total. The molecule has 1 aliphatic rings. The lowest BCUT2D eigenvalue weighted by Crippen LogP contribution is -2.35. The lowest BCUT2D eigenvalue weighted by Gasteiger charge is -2.25. The van der Waals surface area contributed by atoms with Crippen molar-refractivity contribution >= 4 is 10.0 Å². The van der Waals surface area contributed by atoms with Crippen LogP contribution in [0.1, 0.15) is 24.8 Å². The van der Waals surface area contributed by atoms with Gasteiger partial charge in [0.05, 0.1) is 4.90 Å². The number of hydrogen-bond acceptors (Lipinski definition) is 3. The van der Waals surface area contributed by atoms with Gasteiger partial charge in [-0.15, -0.1) is 0 Å². The second-order valence-corrected chi connectivity index (χ2v) is 7.93. The van der Waals surface area contributed by atoms with Crippen molar-refractivity contribution < 1.29 is 13.5 Å². The Morgan fingerprint density at radius 1 is 0.913 bits per heavy atom. The second kappa shape index (κ2) is 6.34. The highest BCUT2D eigenvalue weighted by Crippen LogP contribution is 2.27. The van der Waals surface area contributed by atoms with Crippen molar-refractivity contribution in [3.63, 3.8) is 0 Å². The Balaban J connectivity index is 1.88. The van der Waals surface area contributed by atoms with Crippen LogP contribution in [0.3, 0.4) is 0 Å². The molecular weight excluding hydrogens is 310 g/mol. The lowest BCUT2D eigenvalue weighted by molar-refractivity contribution is 0.346. The molecule has 0 aliphatic carbocycles. The molecule has 1 saturated heterocycles. The van der Waals surface area contributed by atoms with Crippen LogP contribution in [0.5, 0.6) is 5.75 Å². The van der Waals surface area contributed by atoms with E-state index in [9.17, 15) is 13.5 Å². The van der Waals surface area contributed by atoms with Crippen molar-refractivity contribution in [3.8, 4) is 16.9 Å². The molecule has 0 saturated carbocycles. The van der Waals surface area contributed by atoms with E-state index in [1.54, 1.807) is 22.5 Å². The van der Waals surface area contributed by atoms with Gasteiger partial charge in [-0.1, -0.05) is 24.6 Å². The highest BCUT2D eigenvalue weighted by molar-refractivity contribution is 7.89. The number of phenols is 1. The molecule has 5 heteroatoms. The van der Waals surface area contributed by atoms with Crippen LogP contribution in [0, 0.1) is 6.92 Å². The average Bonchev–Trinajstić information content (AvgIpc) is 2.58. The Morgan fingerprint density at radius 3 is 2.13 bits per heavy atom. The van der Waals surface area contributed by atoms with Crippen molar-refractivity contribution in [3.05, 3.63) is 48.0 Å². The van der Waals surface area contributed by atoms with Gasteiger partial charge in [0.15, 0.2) is 0 Å². The smallest absolute Gasteiger partial charge is 0.243 e. The normalized spacial score (nSPS) is 16.4. The number of benzene rings is 2. The summed E-state index contributed by atoms with van der Waals surface area (Å²) in [6.45, 7) is 3.07. The molecule has 0 unspecified atom stereocenters. The van der Waals surface area contributed by atoms with E-state index in [1.807, 2.05) is 31.2 Å². The first-order valence-corrected chi connectivity index (χ1v) is 9.33. The summed E-state index contributed by atoms with van der Waals surface area (Å²) >= 11 is 0. The molecule has 0 bridgehead atoms. The molecule has 2 aromatic rings. The van der Waals surface area contributed by atoms with Gasteiger partial charge in [-0.05, 0) is 60.7 Å². The Hall–Kier alpha value is -1.85. The minimum Gasteiger partial charge on any atom is -0.508 e. The fourth-order valence-corrected chi connectivity index (χ4v) is 4.43. The first kappa shape index (κ1) is 16.0. The number of piperidine rings is 1. The molecular formula is C18H21NO3S. The average molecular weight is 331 g/mol. The second-order valence-electron chi connectivity index (χ2n) is 5.99. The monoisotopic (exact) mass is 331 g/mol. The Kier molecular flexibility index (Phi) is 4.41. The van der Waals surface area contributed by atoms with Gasteiger partial charge >= 0.3 is 0 Å². The largest absolute Gasteiger partial charge is 0.508 e. The zero-order chi connectivity index (χ0) is 16.4. The van der Waals surface area contributed by atoms with E-state index < -0.39 is 10.0 Å². The Labute approximate surface area is 137 Å². The zero-order valence-electron chi connectivity index (χ0n) is 13.2. The molecule has 2 aromatic carbocycles. The number of aromatic hydroxyl groups is 1. The van der Waals surface area contributed by atoms with Crippen LogP contribution in [0.2, 0.25) is 0 Å². The summed E-state index contributed by atoms with van der Waals surface area (Å²) in [5.41, 5.74) is 2.69. The van der Waals surface area contributed by atoms with Crippen LogP contribution < -0.4 is 0 Å². The zero-order valence-corrected chi connectivity index (χ0v) is 14.0. The fourth-order valence-electron chi connectivity index (χ4n) is 2.91. The van der Waals surface area contributed by atoms with Gasteiger partial charge in [-0.3, -0.25) is 0 Å². The third kappa shape index (κ3) is 3.26. The molecule has 0 atom stereocenters. The van der Waals surface area contributed by atoms with Gasteiger partial charge in [0.1, 0.15) is 5.75 Å². The Morgan fingerprint density at radius 2 is 1.52 bits per heavy atom. The van der Waals surface area contributed by atoms with Crippen molar-refractivity contribution in [1.82, 2.24) is 4.31 Å². The lowest BCUT2D eigenvalue weighted by atomic mass is 10.0. The molecule has 1 heterocycles. The highest BCUT2D eigenvalue weighted by Gasteiger charge is 2.25. The maximum absolute atomic E-state index is 12.6. The molecule has 1 fully saturated rings. The maximum atomic E-state index is 12.6. The molecule has 0 aromatic heterocycles. The minimum absolute atomic E-state index is 0.262. The van der Waals surface area contributed by atoms with E-state index in [-0.39, 0.29) is 5.75 Å². The quantitative estimate of drug-likeness (QED) is 0.936. The van der Waals surface area contributed by atoms with Crippen LogP contribution >= 0.6 is 0 Å². The standard InChI is InChI=1S/C18H21NO3S/c1-14-13-16(7-10-18(14)20)15-5-8-17(9-6-15)23(21,22)19-11-3-2-4-12-19/h5-10,13,20H,2-4,11-12H2,1H3. The fraction of sp³-hybridized carbons (Fsp3) is 0.333. The van der Waals surface area contributed by atoms with Gasteiger partial charge < -0.3 is 5.11 Å². The summed E-state index contributed by atoms with van der Waals surface area (Å²) < 4.78 is 26.8. The first-order valence-electron chi connectivity index (χ1n) is 7.89. The topological polar surface area (TPSA) is 57.6 Å². The van der Waals surface area contributed by atoms with E-state index in [0.717, 1.165) is 36.0 Å². The summed E-state index contributed by atoms with van der Waals surface area (Å²) in [5, 5.41) is 9.60. The number of nitrogens with zero attached hydrogens (tertiary/aromatic N) is 1. The number of aryl methyl sites for hydroxylation is 1. The van der Waals surface area contributed by atoms with Crippen molar-refractivity contribution in [2.24, 2.45) is 0 Å². The van der Waals surface area contributed by atoms with Crippen LogP contribution in [0.15, 0.2) is 47.4 Å². The molecule has 3 rings (SSSR count). The number of hydrogen-bond donors (Lipinski definition) is 1. The van der Waals surface area contributed by atoms with Gasteiger partial charge in [0.25, 0.3) is 0 Å². The van der Waals surface area contributed by atoms with Crippen LogP contribution in [0.4, 0.5) is 0 Å². The van der Waals surface area contributed by atoms with Crippen molar-refractivity contribution in [1.29, 1.82) is 0 Å². The third-order valence-electron chi connectivity index (χ3n) is 4.34. The predicted molar refractivity (Wildman–Crippen MR) is 90.9 cm³/mol. The van der Waals surface area contributed by atoms with Gasteiger partial charge in [0.2, 0.25) is 10.0 Å². The number of rotatable bonds is 3. The summed E-state index contributed by atoms with van der Waals surface area (Å²) in [5.74, 6) is 0.262. The van der Waals surface area contributed by atoms with E-state index in [0.29, 0.717) is 18.0 Å². The summed E-state index contributed by atoms with van der Waals surface area (Å²) in [4.78, 5) is 0.346. The van der Waals surface area contributed by atoms with E-state index in [1.165, 1.54) is 0 Å². The number of phenolic OH excluding ortho intramolecular Hbond substituents is 1. The van der Waals surface area contributed by atoms with Crippen molar-refractivity contribution in [2.75, 3.05) is 13.1 Å². The molecule has 0 radical (unpaired) electrons. The highest BCUT2D eigenvalue weighted by atomic mass is 32.2. The molecule has 0 spiro atoms. The summed E-state index contributed by atoms with van der Waals surface area (Å²) in [6.07, 6.45) is 2.97. The SMILES string of the molecule is Cc1cc(-c2ccc(S(=O)(=O)N3CCCCC3)cc2)ccc1O. The minimum atomic E-state index is -3.38. The van der Waals surface area contributed by atoms with E-state index in [4.69, 9.17) is 0 Å².